The fourth-order valence-electron chi connectivity index (χ4n) is 13.1. The predicted molar refractivity (Wildman–Crippen MR) is 272 cm³/mol. The normalized spacial score (nSPS) is 15.2. The maximum atomic E-state index is 2.45. The average molecular weight is 840 g/mol. The molecule has 1 heteroatoms. The molecule has 10 aromatic carbocycles. The summed E-state index contributed by atoms with van der Waals surface area (Å²) in [7, 11) is 0. The van der Waals surface area contributed by atoms with Gasteiger partial charge in [-0.15, -0.1) is 0 Å². The Morgan fingerprint density at radius 1 is 0.242 bits per heavy atom. The highest BCUT2D eigenvalue weighted by Crippen LogP contribution is 2.64. The summed E-state index contributed by atoms with van der Waals surface area (Å²) in [5.74, 6) is 0. The molecule has 0 aromatic heterocycles. The minimum atomic E-state index is -0.424. The first-order chi connectivity index (χ1) is 32.5. The third kappa shape index (κ3) is 4.69. The fraction of sp³-hybridized carbons (Fsp3) is 0.0769. The van der Waals surface area contributed by atoms with E-state index in [1.807, 2.05) is 0 Å². The molecule has 0 atom stereocenters. The van der Waals surface area contributed by atoms with E-state index < -0.39 is 5.41 Å². The van der Waals surface area contributed by atoms with Crippen LogP contribution in [-0.2, 0) is 16.2 Å². The predicted octanol–water partition coefficient (Wildman–Crippen LogP) is 16.2. The van der Waals surface area contributed by atoms with Crippen LogP contribution in [0.15, 0.2) is 237 Å². The van der Waals surface area contributed by atoms with Gasteiger partial charge in [-0.3, -0.25) is 0 Å². The highest BCUT2D eigenvalue weighted by Gasteiger charge is 2.54. The molecular weight excluding hydrogens is 795 g/mol. The molecular formula is C65H45N. The molecule has 66 heavy (non-hydrogen) atoms. The number of anilines is 3. The van der Waals surface area contributed by atoms with Crippen LogP contribution in [0.4, 0.5) is 17.1 Å². The number of benzene rings is 10. The van der Waals surface area contributed by atoms with Crippen LogP contribution in [0.25, 0.3) is 44.5 Å². The van der Waals surface area contributed by atoms with Gasteiger partial charge < -0.3 is 4.90 Å². The van der Waals surface area contributed by atoms with E-state index in [2.05, 4.69) is 255 Å². The molecule has 0 heterocycles. The van der Waals surface area contributed by atoms with E-state index in [1.54, 1.807) is 0 Å². The van der Waals surface area contributed by atoms with Gasteiger partial charge in [-0.25, -0.2) is 0 Å². The lowest BCUT2D eigenvalue weighted by molar-refractivity contribution is 0.563. The topological polar surface area (TPSA) is 3.24 Å². The average Bonchev–Trinajstić information content (AvgIpc) is 3.96. The molecule has 14 rings (SSSR count). The highest BCUT2D eigenvalue weighted by atomic mass is 15.1. The number of fused-ring (bicyclic) bond motifs is 19. The summed E-state index contributed by atoms with van der Waals surface area (Å²) in [4.78, 5) is 2.42. The van der Waals surface area contributed by atoms with Gasteiger partial charge in [-0.2, -0.15) is 0 Å². The number of nitrogens with zero attached hydrogens (tertiary/aromatic N) is 1. The minimum Gasteiger partial charge on any atom is -0.310 e. The van der Waals surface area contributed by atoms with Gasteiger partial charge >= 0.3 is 0 Å². The third-order valence-electron chi connectivity index (χ3n) is 15.8. The molecule has 0 radical (unpaired) electrons. The van der Waals surface area contributed by atoms with E-state index in [-0.39, 0.29) is 10.8 Å². The first kappa shape index (κ1) is 37.4. The molecule has 10 aromatic rings. The Labute approximate surface area is 387 Å². The summed E-state index contributed by atoms with van der Waals surface area (Å²) in [5.41, 5.74) is 26.5. The molecule has 310 valence electrons. The van der Waals surface area contributed by atoms with Gasteiger partial charge in [-0.05, 0) is 143 Å². The maximum absolute atomic E-state index is 2.45. The zero-order chi connectivity index (χ0) is 43.8. The summed E-state index contributed by atoms with van der Waals surface area (Å²) in [6.45, 7) is 4.78. The van der Waals surface area contributed by atoms with Crippen LogP contribution < -0.4 is 4.90 Å². The van der Waals surface area contributed by atoms with E-state index in [0.29, 0.717) is 0 Å². The Hall–Kier alpha value is -8.00. The van der Waals surface area contributed by atoms with Gasteiger partial charge in [0.05, 0.1) is 10.8 Å². The molecule has 0 fully saturated rings. The molecule has 4 aliphatic rings. The van der Waals surface area contributed by atoms with Crippen molar-refractivity contribution in [2.45, 2.75) is 30.1 Å². The van der Waals surface area contributed by atoms with Crippen LogP contribution in [0.5, 0.6) is 0 Å². The SMILES string of the molecule is CC1(C)c2ccccc2C2(c3ccccc3-c3cc(N(c4ccccc4)c4ccc(-c5ccc6c(c5)-c5ccccc5C65c6ccccc6-c6ccccc65)cc4)ccc32)c2ccccc21. The second-order valence-electron chi connectivity index (χ2n) is 19.1. The number of hydrogen-bond donors (Lipinski definition) is 0. The van der Waals surface area contributed by atoms with Crippen molar-refractivity contribution in [3.05, 3.63) is 292 Å². The quantitative estimate of drug-likeness (QED) is 0.171. The van der Waals surface area contributed by atoms with E-state index in [0.717, 1.165) is 17.1 Å². The smallest absolute Gasteiger partial charge is 0.0725 e. The molecule has 0 N–H and O–H groups in total. The fourth-order valence-corrected chi connectivity index (χ4v) is 13.1. The van der Waals surface area contributed by atoms with Gasteiger partial charge in [0.2, 0.25) is 0 Å². The summed E-state index contributed by atoms with van der Waals surface area (Å²) in [5, 5.41) is 0. The molecule has 0 amide bonds. The monoisotopic (exact) mass is 839 g/mol. The van der Waals surface area contributed by atoms with Crippen LogP contribution in [0.2, 0.25) is 0 Å². The Morgan fingerprint density at radius 3 is 1.09 bits per heavy atom. The van der Waals surface area contributed by atoms with Crippen molar-refractivity contribution in [3.63, 3.8) is 0 Å². The Morgan fingerprint density at radius 2 is 0.576 bits per heavy atom. The van der Waals surface area contributed by atoms with Crippen LogP contribution >= 0.6 is 0 Å². The minimum absolute atomic E-state index is 0.132. The molecule has 0 unspecified atom stereocenters. The second-order valence-corrected chi connectivity index (χ2v) is 19.1. The number of hydrogen-bond acceptors (Lipinski definition) is 1. The van der Waals surface area contributed by atoms with Crippen LogP contribution in [0.1, 0.15) is 69.5 Å². The van der Waals surface area contributed by atoms with Crippen molar-refractivity contribution in [1.29, 1.82) is 0 Å². The molecule has 1 nitrogen and oxygen atoms in total. The maximum Gasteiger partial charge on any atom is 0.0725 e. The van der Waals surface area contributed by atoms with Crippen LogP contribution in [0, 0.1) is 0 Å². The molecule has 0 bridgehead atoms. The van der Waals surface area contributed by atoms with Crippen LogP contribution in [-0.4, -0.2) is 0 Å². The number of para-hydroxylation sites is 1. The zero-order valence-corrected chi connectivity index (χ0v) is 37.0. The lowest BCUT2D eigenvalue weighted by Crippen LogP contribution is -2.40. The van der Waals surface area contributed by atoms with Crippen molar-refractivity contribution < 1.29 is 0 Å². The molecule has 0 saturated carbocycles. The van der Waals surface area contributed by atoms with Crippen LogP contribution in [0.3, 0.4) is 0 Å². The lowest BCUT2D eigenvalue weighted by Gasteiger charge is -2.46. The molecule has 0 saturated heterocycles. The van der Waals surface area contributed by atoms with Crippen molar-refractivity contribution >= 4 is 17.1 Å². The highest BCUT2D eigenvalue weighted by molar-refractivity contribution is 5.97. The van der Waals surface area contributed by atoms with Gasteiger partial charge in [0.15, 0.2) is 0 Å². The Kier molecular flexibility index (Phi) is 7.66. The van der Waals surface area contributed by atoms with Gasteiger partial charge in [0.1, 0.15) is 0 Å². The van der Waals surface area contributed by atoms with E-state index in [4.69, 9.17) is 0 Å². The summed E-state index contributed by atoms with van der Waals surface area (Å²) in [6, 6.07) is 89.1. The van der Waals surface area contributed by atoms with Gasteiger partial charge in [-0.1, -0.05) is 208 Å². The largest absolute Gasteiger partial charge is 0.310 e. The summed E-state index contributed by atoms with van der Waals surface area (Å²) in [6.07, 6.45) is 0. The molecule has 4 aliphatic carbocycles. The first-order valence-electron chi connectivity index (χ1n) is 23.3. The lowest BCUT2D eigenvalue weighted by atomic mass is 9.55. The summed E-state index contributed by atoms with van der Waals surface area (Å²) < 4.78 is 0. The number of rotatable bonds is 4. The van der Waals surface area contributed by atoms with Crippen molar-refractivity contribution in [3.8, 4) is 44.5 Å². The van der Waals surface area contributed by atoms with E-state index >= 15 is 0 Å². The van der Waals surface area contributed by atoms with Gasteiger partial charge in [0, 0.05) is 22.5 Å². The molecule has 0 aliphatic heterocycles. The second kappa shape index (κ2) is 13.5. The van der Waals surface area contributed by atoms with Crippen molar-refractivity contribution in [1.82, 2.24) is 0 Å². The van der Waals surface area contributed by atoms with Crippen molar-refractivity contribution in [2.24, 2.45) is 0 Å². The van der Waals surface area contributed by atoms with E-state index in [9.17, 15) is 0 Å². The third-order valence-corrected chi connectivity index (χ3v) is 15.8. The van der Waals surface area contributed by atoms with E-state index in [1.165, 1.54) is 100 Å². The Bertz CT molecular complexity index is 3530. The van der Waals surface area contributed by atoms with Gasteiger partial charge in [0.25, 0.3) is 0 Å². The standard InChI is InChI=1S/C65H45N/c1-63(2)59-28-14-16-30-61(59)65(62-31-17-15-29-60(62)63)56-27-13-9-23-50(56)52-41-46(37-39-58(52)65)66(44-18-4-3-5-19-44)45-35-32-42(33-36-45)43-34-38-57-51(40-43)49-22-8-12-26-55(49)64(57)53-24-10-6-20-47(53)48-21-7-11-25-54(48)64/h3-41H,1-2H3. The molecule has 2 spiro atoms. The zero-order valence-electron chi connectivity index (χ0n) is 37.0. The van der Waals surface area contributed by atoms with Crippen molar-refractivity contribution in [2.75, 3.05) is 4.90 Å². The summed E-state index contributed by atoms with van der Waals surface area (Å²) >= 11 is 0. The first-order valence-corrected chi connectivity index (χ1v) is 23.3. The Balaban J connectivity index is 0.899.